The van der Waals surface area contributed by atoms with Gasteiger partial charge in [-0.3, -0.25) is 4.98 Å². The van der Waals surface area contributed by atoms with E-state index in [1.807, 2.05) is 24.3 Å². The van der Waals surface area contributed by atoms with Gasteiger partial charge in [-0.1, -0.05) is 12.1 Å². The number of pyridine rings is 1. The fraction of sp³-hybridized carbons (Fsp3) is 0.167. The highest BCUT2D eigenvalue weighted by molar-refractivity contribution is 5.91. The third-order valence-electron chi connectivity index (χ3n) is 3.68. The minimum atomic E-state index is -0.528. The molecular weight excluding hydrogens is 298 g/mol. The van der Waals surface area contributed by atoms with Gasteiger partial charge in [0.15, 0.2) is 0 Å². The van der Waals surface area contributed by atoms with Crippen LogP contribution in [0, 0.1) is 11.6 Å². The van der Waals surface area contributed by atoms with E-state index in [1.54, 1.807) is 13.2 Å². The van der Waals surface area contributed by atoms with Gasteiger partial charge in [0.25, 0.3) is 0 Å². The zero-order chi connectivity index (χ0) is 16.2. The largest absolute Gasteiger partial charge is 0.497 e. The van der Waals surface area contributed by atoms with Gasteiger partial charge in [0.2, 0.25) is 0 Å². The first kappa shape index (κ1) is 15.2. The normalized spacial score (nSPS) is 10.7. The van der Waals surface area contributed by atoms with Gasteiger partial charge < -0.3 is 10.1 Å². The predicted octanol–water partition coefficient (Wildman–Crippen LogP) is 4.18. The van der Waals surface area contributed by atoms with Crippen LogP contribution in [0.1, 0.15) is 5.56 Å². The van der Waals surface area contributed by atoms with Crippen molar-refractivity contribution in [2.24, 2.45) is 0 Å². The molecule has 0 saturated heterocycles. The number of fused-ring (bicyclic) bond motifs is 1. The van der Waals surface area contributed by atoms with Crippen LogP contribution in [0.5, 0.6) is 5.75 Å². The second kappa shape index (κ2) is 6.60. The van der Waals surface area contributed by atoms with Crippen molar-refractivity contribution < 1.29 is 13.5 Å². The molecule has 3 rings (SSSR count). The lowest BCUT2D eigenvalue weighted by molar-refractivity contribution is 0.414. The highest BCUT2D eigenvalue weighted by Crippen LogP contribution is 2.26. The first-order valence-electron chi connectivity index (χ1n) is 7.28. The molecular formula is C18H16F2N2O. The van der Waals surface area contributed by atoms with Gasteiger partial charge in [0, 0.05) is 18.4 Å². The Balaban J connectivity index is 1.75. The zero-order valence-corrected chi connectivity index (χ0v) is 12.6. The number of rotatable bonds is 5. The number of ether oxygens (including phenoxy) is 1. The lowest BCUT2D eigenvalue weighted by Gasteiger charge is -2.10. The molecule has 0 bridgehead atoms. The molecule has 1 heterocycles. The lowest BCUT2D eigenvalue weighted by Crippen LogP contribution is -2.06. The summed E-state index contributed by atoms with van der Waals surface area (Å²) in [7, 11) is 1.62. The van der Waals surface area contributed by atoms with E-state index < -0.39 is 11.6 Å². The number of halogens is 2. The van der Waals surface area contributed by atoms with Gasteiger partial charge in [-0.15, -0.1) is 0 Å². The molecule has 0 saturated carbocycles. The Labute approximate surface area is 132 Å². The number of nitrogens with one attached hydrogen (secondary N) is 1. The van der Waals surface area contributed by atoms with E-state index in [0.29, 0.717) is 12.2 Å². The summed E-state index contributed by atoms with van der Waals surface area (Å²) in [5, 5.41) is 3.34. The van der Waals surface area contributed by atoms with Gasteiger partial charge >= 0.3 is 0 Å². The molecule has 0 aliphatic rings. The Hall–Kier alpha value is -2.69. The first-order valence-corrected chi connectivity index (χ1v) is 7.28. The third-order valence-corrected chi connectivity index (χ3v) is 3.68. The van der Waals surface area contributed by atoms with E-state index in [2.05, 4.69) is 10.3 Å². The third kappa shape index (κ3) is 3.23. The van der Waals surface area contributed by atoms with Crippen LogP contribution in [-0.4, -0.2) is 18.6 Å². The standard InChI is InChI=1S/C18H16F2N2O/c1-23-13-4-2-12(3-5-13)8-10-21-16-9-11-22-18-15(20)7-6-14(19)17(16)18/h2-7,9,11H,8,10H2,1H3,(H,21,22). The average molecular weight is 314 g/mol. The summed E-state index contributed by atoms with van der Waals surface area (Å²) in [6, 6.07) is 11.6. The Morgan fingerprint density at radius 2 is 1.74 bits per heavy atom. The Bertz CT molecular complexity index is 819. The van der Waals surface area contributed by atoms with E-state index in [1.165, 1.54) is 6.20 Å². The maximum absolute atomic E-state index is 14.0. The minimum absolute atomic E-state index is 0.0412. The van der Waals surface area contributed by atoms with Crippen LogP contribution in [0.25, 0.3) is 10.9 Å². The molecule has 23 heavy (non-hydrogen) atoms. The van der Waals surface area contributed by atoms with Gasteiger partial charge in [-0.05, 0) is 42.3 Å². The van der Waals surface area contributed by atoms with Crippen molar-refractivity contribution in [3.8, 4) is 5.75 Å². The molecule has 1 aromatic heterocycles. The van der Waals surface area contributed by atoms with Crippen molar-refractivity contribution in [2.75, 3.05) is 19.0 Å². The number of methoxy groups -OCH3 is 1. The maximum Gasteiger partial charge on any atom is 0.149 e. The summed E-state index contributed by atoms with van der Waals surface area (Å²) >= 11 is 0. The summed E-state index contributed by atoms with van der Waals surface area (Å²) < 4.78 is 32.9. The summed E-state index contributed by atoms with van der Waals surface area (Å²) in [5.74, 6) is -0.207. The van der Waals surface area contributed by atoms with E-state index in [-0.39, 0.29) is 10.9 Å². The van der Waals surface area contributed by atoms with Crippen molar-refractivity contribution in [3.05, 3.63) is 65.9 Å². The Kier molecular flexibility index (Phi) is 4.37. The number of anilines is 1. The van der Waals surface area contributed by atoms with Crippen LogP contribution in [0.4, 0.5) is 14.5 Å². The van der Waals surface area contributed by atoms with E-state index >= 15 is 0 Å². The molecule has 0 aliphatic heterocycles. The highest BCUT2D eigenvalue weighted by atomic mass is 19.1. The molecule has 0 atom stereocenters. The molecule has 3 aromatic rings. The molecule has 0 spiro atoms. The van der Waals surface area contributed by atoms with E-state index in [9.17, 15) is 8.78 Å². The zero-order valence-electron chi connectivity index (χ0n) is 12.6. The number of nitrogens with zero attached hydrogens (tertiary/aromatic N) is 1. The van der Waals surface area contributed by atoms with Gasteiger partial charge in [-0.2, -0.15) is 0 Å². The van der Waals surface area contributed by atoms with Crippen LogP contribution >= 0.6 is 0 Å². The first-order chi connectivity index (χ1) is 11.2. The average Bonchev–Trinajstić information content (AvgIpc) is 2.59. The van der Waals surface area contributed by atoms with Crippen LogP contribution in [0.15, 0.2) is 48.7 Å². The molecule has 0 unspecified atom stereocenters. The van der Waals surface area contributed by atoms with Gasteiger partial charge in [0.1, 0.15) is 22.9 Å². The predicted molar refractivity (Wildman–Crippen MR) is 86.8 cm³/mol. The molecule has 118 valence electrons. The molecule has 3 nitrogen and oxygen atoms in total. The SMILES string of the molecule is COc1ccc(CCNc2ccnc3c(F)ccc(F)c23)cc1. The number of aromatic nitrogens is 1. The monoisotopic (exact) mass is 314 g/mol. The summed E-state index contributed by atoms with van der Waals surface area (Å²) in [6.45, 7) is 0.599. The van der Waals surface area contributed by atoms with Crippen molar-refractivity contribution in [2.45, 2.75) is 6.42 Å². The molecule has 1 N–H and O–H groups in total. The smallest absolute Gasteiger partial charge is 0.149 e. The topological polar surface area (TPSA) is 34.1 Å². The molecule has 2 aromatic carbocycles. The number of hydrogen-bond acceptors (Lipinski definition) is 3. The highest BCUT2D eigenvalue weighted by Gasteiger charge is 2.11. The Morgan fingerprint density at radius 1 is 1.00 bits per heavy atom. The lowest BCUT2D eigenvalue weighted by atomic mass is 10.1. The fourth-order valence-electron chi connectivity index (χ4n) is 2.47. The van der Waals surface area contributed by atoms with Gasteiger partial charge in [-0.25, -0.2) is 8.78 Å². The van der Waals surface area contributed by atoms with Gasteiger partial charge in [0.05, 0.1) is 12.5 Å². The number of hydrogen-bond donors (Lipinski definition) is 1. The fourth-order valence-corrected chi connectivity index (χ4v) is 2.47. The van der Waals surface area contributed by atoms with Crippen LogP contribution in [0.3, 0.4) is 0 Å². The molecule has 0 fully saturated rings. The quantitative estimate of drug-likeness (QED) is 0.767. The Morgan fingerprint density at radius 3 is 2.48 bits per heavy atom. The summed E-state index contributed by atoms with van der Waals surface area (Å²) in [4.78, 5) is 3.92. The summed E-state index contributed by atoms with van der Waals surface area (Å²) in [5.41, 5.74) is 1.71. The van der Waals surface area contributed by atoms with Crippen molar-refractivity contribution in [1.82, 2.24) is 4.98 Å². The van der Waals surface area contributed by atoms with E-state index in [4.69, 9.17) is 4.74 Å². The molecule has 5 heteroatoms. The van der Waals surface area contributed by atoms with Crippen molar-refractivity contribution >= 4 is 16.6 Å². The molecule has 0 radical (unpaired) electrons. The molecule has 0 amide bonds. The summed E-state index contributed by atoms with van der Waals surface area (Å²) in [6.07, 6.45) is 2.23. The second-order valence-corrected chi connectivity index (χ2v) is 5.14. The van der Waals surface area contributed by atoms with Crippen LogP contribution in [-0.2, 0) is 6.42 Å². The van der Waals surface area contributed by atoms with Crippen LogP contribution in [0.2, 0.25) is 0 Å². The van der Waals surface area contributed by atoms with Crippen molar-refractivity contribution in [3.63, 3.8) is 0 Å². The second-order valence-electron chi connectivity index (χ2n) is 5.14. The molecule has 0 aliphatic carbocycles. The van der Waals surface area contributed by atoms with E-state index in [0.717, 1.165) is 29.9 Å². The van der Waals surface area contributed by atoms with Crippen LogP contribution < -0.4 is 10.1 Å². The number of benzene rings is 2. The minimum Gasteiger partial charge on any atom is -0.497 e. The maximum atomic E-state index is 14.0. The van der Waals surface area contributed by atoms with Crippen molar-refractivity contribution in [1.29, 1.82) is 0 Å².